The van der Waals surface area contributed by atoms with Crippen molar-refractivity contribution in [2.75, 3.05) is 5.32 Å². The Kier molecular flexibility index (Phi) is 3.67. The Bertz CT molecular complexity index is 575. The zero-order valence-electron chi connectivity index (χ0n) is 10.5. The van der Waals surface area contributed by atoms with Gasteiger partial charge in [0, 0.05) is 6.04 Å². The smallest absolute Gasteiger partial charge is 0.0721 e. The number of hydrogen-bond acceptors (Lipinski definition) is 1. The van der Waals surface area contributed by atoms with Gasteiger partial charge in [0.1, 0.15) is 0 Å². The molecule has 0 heterocycles. The van der Waals surface area contributed by atoms with Gasteiger partial charge in [-0.1, -0.05) is 53.5 Å². The summed E-state index contributed by atoms with van der Waals surface area (Å²) in [6.45, 7) is 0. The van der Waals surface area contributed by atoms with E-state index in [0.717, 1.165) is 24.9 Å². The van der Waals surface area contributed by atoms with Gasteiger partial charge in [-0.3, -0.25) is 0 Å². The third-order valence-corrected chi connectivity index (χ3v) is 4.29. The van der Waals surface area contributed by atoms with Crippen LogP contribution in [0.4, 0.5) is 5.69 Å². The molecule has 0 aliphatic heterocycles. The fourth-order valence-corrected chi connectivity index (χ4v) is 3.17. The molecule has 1 nitrogen and oxygen atoms in total. The van der Waals surface area contributed by atoms with Gasteiger partial charge in [0.25, 0.3) is 0 Å². The second-order valence-corrected chi connectivity index (χ2v) is 5.76. The van der Waals surface area contributed by atoms with Crippen LogP contribution in [0.1, 0.15) is 17.5 Å². The molecule has 1 unspecified atom stereocenters. The predicted molar refractivity (Wildman–Crippen MR) is 82.3 cm³/mol. The molecule has 3 heteroatoms. The van der Waals surface area contributed by atoms with Crippen LogP contribution in [-0.4, -0.2) is 6.04 Å². The zero-order valence-corrected chi connectivity index (χ0v) is 12.0. The van der Waals surface area contributed by atoms with Crippen molar-refractivity contribution in [2.45, 2.75) is 25.3 Å². The monoisotopic (exact) mass is 291 g/mol. The molecule has 0 amide bonds. The van der Waals surface area contributed by atoms with Gasteiger partial charge in [0.15, 0.2) is 0 Å². The van der Waals surface area contributed by atoms with Gasteiger partial charge in [0.2, 0.25) is 0 Å². The maximum Gasteiger partial charge on any atom is 0.0721 e. The fourth-order valence-electron chi connectivity index (χ4n) is 2.66. The number of fused-ring (bicyclic) bond motifs is 1. The fraction of sp³-hybridized carbons (Fsp3) is 0.250. The molecule has 0 bridgehead atoms. The molecular formula is C16H15Cl2N. The van der Waals surface area contributed by atoms with Crippen molar-refractivity contribution < 1.29 is 0 Å². The van der Waals surface area contributed by atoms with E-state index in [2.05, 4.69) is 29.6 Å². The molecule has 19 heavy (non-hydrogen) atoms. The van der Waals surface area contributed by atoms with E-state index >= 15 is 0 Å². The van der Waals surface area contributed by atoms with Crippen molar-refractivity contribution in [3.8, 4) is 0 Å². The van der Waals surface area contributed by atoms with E-state index in [-0.39, 0.29) is 0 Å². The summed E-state index contributed by atoms with van der Waals surface area (Å²) in [5.74, 6) is 0. The van der Waals surface area contributed by atoms with Gasteiger partial charge in [-0.05, 0) is 42.5 Å². The molecular weight excluding hydrogens is 277 g/mol. The zero-order chi connectivity index (χ0) is 13.2. The van der Waals surface area contributed by atoms with Crippen LogP contribution in [0.3, 0.4) is 0 Å². The van der Waals surface area contributed by atoms with Crippen molar-refractivity contribution in [1.29, 1.82) is 0 Å². The average molecular weight is 292 g/mol. The second kappa shape index (κ2) is 5.44. The molecule has 1 N–H and O–H groups in total. The van der Waals surface area contributed by atoms with Crippen LogP contribution < -0.4 is 5.32 Å². The molecule has 2 aromatic carbocycles. The lowest BCUT2D eigenvalue weighted by Gasteiger charge is -2.27. The topological polar surface area (TPSA) is 12.0 Å². The molecule has 2 aromatic rings. The minimum atomic E-state index is 0.396. The van der Waals surface area contributed by atoms with E-state index < -0.39 is 0 Å². The summed E-state index contributed by atoms with van der Waals surface area (Å²) < 4.78 is 0. The van der Waals surface area contributed by atoms with Crippen molar-refractivity contribution in [2.24, 2.45) is 0 Å². The molecule has 1 aliphatic rings. The number of nitrogens with one attached hydrogen (secondary N) is 1. The van der Waals surface area contributed by atoms with Crippen LogP contribution >= 0.6 is 23.2 Å². The SMILES string of the molecule is Clc1cccc(Cl)c1NC1CCc2ccccc2C1. The Balaban J connectivity index is 1.79. The number of aryl methyl sites for hydroxylation is 1. The lowest BCUT2D eigenvalue weighted by Crippen LogP contribution is -2.27. The van der Waals surface area contributed by atoms with Crippen LogP contribution in [-0.2, 0) is 12.8 Å². The van der Waals surface area contributed by atoms with Crippen LogP contribution in [0.25, 0.3) is 0 Å². The molecule has 98 valence electrons. The van der Waals surface area contributed by atoms with Gasteiger partial charge in [-0.25, -0.2) is 0 Å². The van der Waals surface area contributed by atoms with Gasteiger partial charge in [0.05, 0.1) is 15.7 Å². The number of rotatable bonds is 2. The quantitative estimate of drug-likeness (QED) is 0.824. The standard InChI is InChI=1S/C16H15Cl2N/c17-14-6-3-7-15(18)16(14)19-13-9-8-11-4-1-2-5-12(11)10-13/h1-7,13,19H,8-10H2. The first kappa shape index (κ1) is 12.8. The Morgan fingerprint density at radius 1 is 0.895 bits per heavy atom. The highest BCUT2D eigenvalue weighted by atomic mass is 35.5. The van der Waals surface area contributed by atoms with Crippen molar-refractivity contribution >= 4 is 28.9 Å². The first-order chi connectivity index (χ1) is 9.24. The van der Waals surface area contributed by atoms with E-state index in [0.29, 0.717) is 16.1 Å². The third kappa shape index (κ3) is 2.72. The number of benzene rings is 2. The Hall–Kier alpha value is -1.18. The highest BCUT2D eigenvalue weighted by Crippen LogP contribution is 2.32. The summed E-state index contributed by atoms with van der Waals surface area (Å²) in [5, 5.41) is 4.87. The molecule has 0 saturated heterocycles. The maximum atomic E-state index is 6.20. The summed E-state index contributed by atoms with van der Waals surface area (Å²) in [7, 11) is 0. The second-order valence-electron chi connectivity index (χ2n) is 4.95. The normalized spacial score (nSPS) is 17.9. The lowest BCUT2D eigenvalue weighted by molar-refractivity contribution is 0.611. The highest BCUT2D eigenvalue weighted by molar-refractivity contribution is 6.39. The molecule has 0 radical (unpaired) electrons. The van der Waals surface area contributed by atoms with E-state index in [9.17, 15) is 0 Å². The minimum absolute atomic E-state index is 0.396. The summed E-state index contributed by atoms with van der Waals surface area (Å²) in [5.41, 5.74) is 3.75. The summed E-state index contributed by atoms with van der Waals surface area (Å²) in [6, 6.07) is 14.6. The number of anilines is 1. The van der Waals surface area contributed by atoms with Gasteiger partial charge >= 0.3 is 0 Å². The first-order valence-corrected chi connectivity index (χ1v) is 7.27. The third-order valence-electron chi connectivity index (χ3n) is 3.66. The Morgan fingerprint density at radius 2 is 1.58 bits per heavy atom. The van der Waals surface area contributed by atoms with Crippen molar-refractivity contribution in [3.05, 3.63) is 63.6 Å². The van der Waals surface area contributed by atoms with Crippen LogP contribution in [0.15, 0.2) is 42.5 Å². The van der Waals surface area contributed by atoms with Gasteiger partial charge in [-0.15, -0.1) is 0 Å². The molecule has 3 rings (SSSR count). The van der Waals surface area contributed by atoms with Crippen molar-refractivity contribution in [3.63, 3.8) is 0 Å². The number of halogens is 2. The minimum Gasteiger partial charge on any atom is -0.380 e. The average Bonchev–Trinajstić information content (AvgIpc) is 2.43. The van der Waals surface area contributed by atoms with E-state index in [4.69, 9.17) is 23.2 Å². The summed E-state index contributed by atoms with van der Waals surface area (Å²) in [6.07, 6.45) is 3.24. The van der Waals surface area contributed by atoms with E-state index in [1.165, 1.54) is 11.1 Å². The molecule has 0 aromatic heterocycles. The van der Waals surface area contributed by atoms with Crippen LogP contribution in [0.2, 0.25) is 10.0 Å². The number of para-hydroxylation sites is 1. The lowest BCUT2D eigenvalue weighted by atomic mass is 9.88. The largest absolute Gasteiger partial charge is 0.380 e. The van der Waals surface area contributed by atoms with E-state index in [1.807, 2.05) is 18.2 Å². The molecule has 1 atom stereocenters. The predicted octanol–water partition coefficient (Wildman–Crippen LogP) is 4.96. The molecule has 0 saturated carbocycles. The molecule has 1 aliphatic carbocycles. The molecule has 0 fully saturated rings. The van der Waals surface area contributed by atoms with Crippen LogP contribution in [0, 0.1) is 0 Å². The Labute approximate surface area is 123 Å². The van der Waals surface area contributed by atoms with Crippen LogP contribution in [0.5, 0.6) is 0 Å². The summed E-state index contributed by atoms with van der Waals surface area (Å²) >= 11 is 12.4. The summed E-state index contributed by atoms with van der Waals surface area (Å²) in [4.78, 5) is 0. The van der Waals surface area contributed by atoms with E-state index in [1.54, 1.807) is 0 Å². The Morgan fingerprint density at radius 3 is 2.32 bits per heavy atom. The first-order valence-electron chi connectivity index (χ1n) is 6.51. The highest BCUT2D eigenvalue weighted by Gasteiger charge is 2.19. The van der Waals surface area contributed by atoms with Gasteiger partial charge in [-0.2, -0.15) is 0 Å². The van der Waals surface area contributed by atoms with Gasteiger partial charge < -0.3 is 5.32 Å². The maximum absolute atomic E-state index is 6.20. The van der Waals surface area contributed by atoms with Crippen molar-refractivity contribution in [1.82, 2.24) is 0 Å². The molecule has 0 spiro atoms. The number of hydrogen-bond donors (Lipinski definition) is 1.